The molecule has 29 heavy (non-hydrogen) atoms. The van der Waals surface area contributed by atoms with Gasteiger partial charge in [0, 0.05) is 63.6 Å². The first kappa shape index (κ1) is 21.2. The molecule has 1 fully saturated rings. The standard InChI is InChI=1S/C20H29N5O4/c1-3-23(4-2)19(26)14-21-9-11-22(12-10-21)15-20(27)24-8-7-16-13-17(25(28)29)5-6-18(16)24/h5-6,13H,3-4,7-12,14-15H2,1-2H3. The summed E-state index contributed by atoms with van der Waals surface area (Å²) < 4.78 is 0. The smallest absolute Gasteiger partial charge is 0.269 e. The molecule has 0 bridgehead atoms. The summed E-state index contributed by atoms with van der Waals surface area (Å²) in [6.07, 6.45) is 0.643. The molecule has 1 aromatic rings. The maximum absolute atomic E-state index is 12.8. The number of hydrogen-bond acceptors (Lipinski definition) is 6. The van der Waals surface area contributed by atoms with Crippen LogP contribution in [0.4, 0.5) is 11.4 Å². The number of nitro groups is 1. The van der Waals surface area contributed by atoms with Crippen LogP contribution in [-0.2, 0) is 16.0 Å². The SMILES string of the molecule is CCN(CC)C(=O)CN1CCN(CC(=O)N2CCc3cc([N+](=O)[O-])ccc32)CC1. The number of benzene rings is 1. The Morgan fingerprint density at radius 2 is 1.66 bits per heavy atom. The lowest BCUT2D eigenvalue weighted by atomic mass is 10.1. The first-order valence-corrected chi connectivity index (χ1v) is 10.2. The third-order valence-electron chi connectivity index (χ3n) is 5.77. The molecule has 158 valence electrons. The second kappa shape index (κ2) is 9.32. The number of likely N-dealkylation sites (N-methyl/N-ethyl adjacent to an activating group) is 1. The number of rotatable bonds is 7. The molecule has 0 spiro atoms. The highest BCUT2D eigenvalue weighted by Crippen LogP contribution is 2.31. The largest absolute Gasteiger partial charge is 0.342 e. The number of nitrogens with zero attached hydrogens (tertiary/aromatic N) is 5. The second-order valence-corrected chi connectivity index (χ2v) is 7.48. The van der Waals surface area contributed by atoms with Crippen LogP contribution >= 0.6 is 0 Å². The minimum Gasteiger partial charge on any atom is -0.342 e. The monoisotopic (exact) mass is 403 g/mol. The summed E-state index contributed by atoms with van der Waals surface area (Å²) in [5, 5.41) is 10.9. The minimum absolute atomic E-state index is 0.0188. The van der Waals surface area contributed by atoms with Crippen molar-refractivity contribution in [3.05, 3.63) is 33.9 Å². The van der Waals surface area contributed by atoms with Gasteiger partial charge in [-0.3, -0.25) is 29.5 Å². The van der Waals surface area contributed by atoms with Crippen molar-refractivity contribution in [2.45, 2.75) is 20.3 Å². The van der Waals surface area contributed by atoms with E-state index in [0.29, 0.717) is 26.1 Å². The maximum Gasteiger partial charge on any atom is 0.269 e. The second-order valence-electron chi connectivity index (χ2n) is 7.48. The summed E-state index contributed by atoms with van der Waals surface area (Å²) >= 11 is 0. The fourth-order valence-electron chi connectivity index (χ4n) is 4.01. The third-order valence-corrected chi connectivity index (χ3v) is 5.77. The molecule has 2 amide bonds. The number of anilines is 1. The summed E-state index contributed by atoms with van der Waals surface area (Å²) in [7, 11) is 0. The predicted molar refractivity (Wildman–Crippen MR) is 110 cm³/mol. The van der Waals surface area contributed by atoms with Crippen molar-refractivity contribution in [2.24, 2.45) is 0 Å². The minimum atomic E-state index is -0.408. The van der Waals surface area contributed by atoms with Gasteiger partial charge in [-0.05, 0) is 31.9 Å². The average Bonchev–Trinajstić information content (AvgIpc) is 3.13. The van der Waals surface area contributed by atoms with Crippen LogP contribution in [0.1, 0.15) is 19.4 Å². The van der Waals surface area contributed by atoms with Gasteiger partial charge in [-0.25, -0.2) is 0 Å². The van der Waals surface area contributed by atoms with E-state index in [2.05, 4.69) is 9.80 Å². The topological polar surface area (TPSA) is 90.2 Å². The molecule has 0 atom stereocenters. The highest BCUT2D eigenvalue weighted by Gasteiger charge is 2.29. The van der Waals surface area contributed by atoms with E-state index >= 15 is 0 Å². The number of hydrogen-bond donors (Lipinski definition) is 0. The molecule has 0 N–H and O–H groups in total. The number of amides is 2. The molecule has 3 rings (SSSR count). The molecule has 2 aliphatic heterocycles. The first-order valence-electron chi connectivity index (χ1n) is 10.2. The van der Waals surface area contributed by atoms with Crippen molar-refractivity contribution in [3.8, 4) is 0 Å². The molecule has 2 heterocycles. The van der Waals surface area contributed by atoms with Gasteiger partial charge in [-0.1, -0.05) is 0 Å². The fraction of sp³-hybridized carbons (Fsp3) is 0.600. The number of non-ortho nitro benzene ring substituents is 1. The van der Waals surface area contributed by atoms with E-state index in [0.717, 1.165) is 50.5 Å². The van der Waals surface area contributed by atoms with Gasteiger partial charge in [-0.15, -0.1) is 0 Å². The molecule has 0 unspecified atom stereocenters. The number of carbonyl (C=O) groups excluding carboxylic acids is 2. The number of piperazine rings is 1. The van der Waals surface area contributed by atoms with Crippen LogP contribution < -0.4 is 4.90 Å². The van der Waals surface area contributed by atoms with E-state index in [1.54, 1.807) is 17.0 Å². The number of fused-ring (bicyclic) bond motifs is 1. The summed E-state index contributed by atoms with van der Waals surface area (Å²) in [5.74, 6) is 0.174. The fourth-order valence-corrected chi connectivity index (χ4v) is 4.01. The van der Waals surface area contributed by atoms with Gasteiger partial charge in [0.05, 0.1) is 18.0 Å². The highest BCUT2D eigenvalue weighted by atomic mass is 16.6. The Labute approximate surface area is 171 Å². The third kappa shape index (κ3) is 4.91. The van der Waals surface area contributed by atoms with Crippen LogP contribution in [0, 0.1) is 10.1 Å². The van der Waals surface area contributed by atoms with Crippen LogP contribution in [0.25, 0.3) is 0 Å². The molecule has 9 nitrogen and oxygen atoms in total. The van der Waals surface area contributed by atoms with Crippen LogP contribution in [-0.4, -0.2) is 90.3 Å². The average molecular weight is 403 g/mol. The van der Waals surface area contributed by atoms with Crippen LogP contribution in [0.2, 0.25) is 0 Å². The zero-order chi connectivity index (χ0) is 21.0. The van der Waals surface area contributed by atoms with Crippen LogP contribution in [0.3, 0.4) is 0 Å². The zero-order valence-corrected chi connectivity index (χ0v) is 17.2. The Bertz CT molecular complexity index is 772. The van der Waals surface area contributed by atoms with Crippen LogP contribution in [0.15, 0.2) is 18.2 Å². The highest BCUT2D eigenvalue weighted by molar-refractivity contribution is 5.97. The van der Waals surface area contributed by atoms with Crippen molar-refractivity contribution in [2.75, 3.05) is 63.8 Å². The molecular formula is C20H29N5O4. The lowest BCUT2D eigenvalue weighted by molar-refractivity contribution is -0.384. The van der Waals surface area contributed by atoms with Crippen molar-refractivity contribution in [1.29, 1.82) is 0 Å². The number of carbonyl (C=O) groups is 2. The van der Waals surface area contributed by atoms with Gasteiger partial charge >= 0.3 is 0 Å². The molecule has 2 aliphatic rings. The molecular weight excluding hydrogens is 374 g/mol. The lowest BCUT2D eigenvalue weighted by Gasteiger charge is -2.35. The van der Waals surface area contributed by atoms with Gasteiger partial charge < -0.3 is 9.80 Å². The van der Waals surface area contributed by atoms with Crippen molar-refractivity contribution < 1.29 is 14.5 Å². The molecule has 0 saturated carbocycles. The Morgan fingerprint density at radius 1 is 1.03 bits per heavy atom. The summed E-state index contributed by atoms with van der Waals surface area (Å²) in [5.41, 5.74) is 1.70. The molecule has 1 aromatic carbocycles. The van der Waals surface area contributed by atoms with Crippen molar-refractivity contribution >= 4 is 23.2 Å². The van der Waals surface area contributed by atoms with E-state index in [4.69, 9.17) is 0 Å². The molecule has 9 heteroatoms. The predicted octanol–water partition coefficient (Wildman–Crippen LogP) is 0.970. The zero-order valence-electron chi connectivity index (χ0n) is 17.2. The van der Waals surface area contributed by atoms with E-state index in [1.165, 1.54) is 6.07 Å². The first-order chi connectivity index (χ1) is 13.9. The summed E-state index contributed by atoms with van der Waals surface area (Å²) in [6, 6.07) is 4.69. The summed E-state index contributed by atoms with van der Waals surface area (Å²) in [4.78, 5) is 43.4. The molecule has 0 radical (unpaired) electrons. The van der Waals surface area contributed by atoms with Gasteiger partial charge in [0.1, 0.15) is 0 Å². The Morgan fingerprint density at radius 3 is 2.24 bits per heavy atom. The Hall–Kier alpha value is -2.52. The number of nitro benzene ring substituents is 1. The molecule has 1 saturated heterocycles. The van der Waals surface area contributed by atoms with Gasteiger partial charge in [-0.2, -0.15) is 0 Å². The van der Waals surface area contributed by atoms with E-state index in [1.807, 2.05) is 18.7 Å². The van der Waals surface area contributed by atoms with Crippen molar-refractivity contribution in [3.63, 3.8) is 0 Å². The Kier molecular flexibility index (Phi) is 6.81. The van der Waals surface area contributed by atoms with E-state index in [9.17, 15) is 19.7 Å². The maximum atomic E-state index is 12.8. The quantitative estimate of drug-likeness (QED) is 0.498. The van der Waals surface area contributed by atoms with E-state index in [-0.39, 0.29) is 17.5 Å². The van der Waals surface area contributed by atoms with Gasteiger partial charge in [0.25, 0.3) is 5.69 Å². The molecule has 0 aliphatic carbocycles. The normalized spacial score (nSPS) is 17.2. The molecule has 0 aromatic heterocycles. The van der Waals surface area contributed by atoms with Gasteiger partial charge in [0.2, 0.25) is 11.8 Å². The van der Waals surface area contributed by atoms with Crippen molar-refractivity contribution in [1.82, 2.24) is 14.7 Å². The van der Waals surface area contributed by atoms with Gasteiger partial charge in [0.15, 0.2) is 0 Å². The lowest BCUT2D eigenvalue weighted by Crippen LogP contribution is -2.52. The van der Waals surface area contributed by atoms with E-state index < -0.39 is 4.92 Å². The van der Waals surface area contributed by atoms with Crippen LogP contribution in [0.5, 0.6) is 0 Å². The Balaban J connectivity index is 1.50. The summed E-state index contributed by atoms with van der Waals surface area (Å²) in [6.45, 7) is 9.78.